The van der Waals surface area contributed by atoms with Gasteiger partial charge in [0.1, 0.15) is 0 Å². The standard InChI is InChI=1S/C16H34N2O/c1-6-15(4)7-10-18(11-8-15)12-9-16(5,13-19)17-14(2)3/h14,17,19H,6-13H2,1-5H3. The Morgan fingerprint density at radius 2 is 1.89 bits per heavy atom. The van der Waals surface area contributed by atoms with Crippen LogP contribution >= 0.6 is 0 Å². The lowest BCUT2D eigenvalue weighted by Crippen LogP contribution is -2.51. The normalized spacial score (nSPS) is 23.5. The van der Waals surface area contributed by atoms with Crippen molar-refractivity contribution in [2.75, 3.05) is 26.2 Å². The Hall–Kier alpha value is -0.120. The molecule has 1 unspecified atom stereocenters. The lowest BCUT2D eigenvalue weighted by atomic mass is 9.78. The van der Waals surface area contributed by atoms with Gasteiger partial charge in [-0.2, -0.15) is 0 Å². The minimum absolute atomic E-state index is 0.139. The molecule has 1 aliphatic heterocycles. The van der Waals surface area contributed by atoms with Gasteiger partial charge >= 0.3 is 0 Å². The molecule has 0 aromatic rings. The van der Waals surface area contributed by atoms with Gasteiger partial charge in [0.05, 0.1) is 6.61 Å². The van der Waals surface area contributed by atoms with Crippen LogP contribution < -0.4 is 5.32 Å². The van der Waals surface area contributed by atoms with Crippen LogP contribution in [0.2, 0.25) is 0 Å². The highest BCUT2D eigenvalue weighted by Crippen LogP contribution is 2.34. The zero-order chi connectivity index (χ0) is 14.5. The SMILES string of the molecule is CCC1(C)CCN(CCC(C)(CO)NC(C)C)CC1. The summed E-state index contributed by atoms with van der Waals surface area (Å²) in [5.74, 6) is 0. The molecule has 2 N–H and O–H groups in total. The van der Waals surface area contributed by atoms with E-state index in [2.05, 4.69) is 44.8 Å². The van der Waals surface area contributed by atoms with E-state index in [4.69, 9.17) is 0 Å². The van der Waals surface area contributed by atoms with Gasteiger partial charge in [-0.05, 0) is 51.2 Å². The van der Waals surface area contributed by atoms with Crippen molar-refractivity contribution in [3.05, 3.63) is 0 Å². The van der Waals surface area contributed by atoms with Crippen LogP contribution in [0.4, 0.5) is 0 Å². The Labute approximate surface area is 119 Å². The average molecular weight is 270 g/mol. The second-order valence-corrected chi connectivity index (χ2v) is 7.27. The van der Waals surface area contributed by atoms with Crippen molar-refractivity contribution < 1.29 is 5.11 Å². The number of rotatable bonds is 7. The summed E-state index contributed by atoms with van der Waals surface area (Å²) in [6.45, 7) is 14.9. The van der Waals surface area contributed by atoms with Crippen LogP contribution in [-0.4, -0.2) is 47.8 Å². The van der Waals surface area contributed by atoms with Gasteiger partial charge in [-0.25, -0.2) is 0 Å². The molecule has 3 heteroatoms. The van der Waals surface area contributed by atoms with E-state index < -0.39 is 0 Å². The monoisotopic (exact) mass is 270 g/mol. The fraction of sp³-hybridized carbons (Fsp3) is 1.00. The van der Waals surface area contributed by atoms with Crippen LogP contribution in [0.15, 0.2) is 0 Å². The molecule has 0 radical (unpaired) electrons. The molecular formula is C16H34N2O. The summed E-state index contributed by atoms with van der Waals surface area (Å²) < 4.78 is 0. The average Bonchev–Trinajstić information content (AvgIpc) is 2.37. The Morgan fingerprint density at radius 1 is 1.32 bits per heavy atom. The molecule has 0 bridgehead atoms. The van der Waals surface area contributed by atoms with E-state index >= 15 is 0 Å². The fourth-order valence-corrected chi connectivity index (χ4v) is 2.97. The predicted octanol–water partition coefficient (Wildman–Crippen LogP) is 2.64. The van der Waals surface area contributed by atoms with E-state index in [9.17, 15) is 5.11 Å². The first-order chi connectivity index (χ1) is 8.82. The van der Waals surface area contributed by atoms with Crippen LogP contribution in [0.25, 0.3) is 0 Å². The molecule has 0 aliphatic carbocycles. The Balaban J connectivity index is 2.37. The number of nitrogens with zero attached hydrogens (tertiary/aromatic N) is 1. The molecular weight excluding hydrogens is 236 g/mol. The Kier molecular flexibility index (Phi) is 6.28. The third-order valence-electron chi connectivity index (χ3n) is 4.88. The summed E-state index contributed by atoms with van der Waals surface area (Å²) in [4.78, 5) is 2.56. The highest BCUT2D eigenvalue weighted by atomic mass is 16.3. The number of piperidine rings is 1. The summed E-state index contributed by atoms with van der Waals surface area (Å²) in [7, 11) is 0. The van der Waals surface area contributed by atoms with Crippen LogP contribution in [-0.2, 0) is 0 Å². The first-order valence-corrected chi connectivity index (χ1v) is 7.93. The van der Waals surface area contributed by atoms with E-state index in [1.54, 1.807) is 0 Å². The first-order valence-electron chi connectivity index (χ1n) is 7.93. The van der Waals surface area contributed by atoms with E-state index in [-0.39, 0.29) is 12.1 Å². The van der Waals surface area contributed by atoms with Crippen molar-refractivity contribution in [3.63, 3.8) is 0 Å². The molecule has 1 saturated heterocycles. The number of nitrogens with one attached hydrogen (secondary N) is 1. The second-order valence-electron chi connectivity index (χ2n) is 7.27. The van der Waals surface area contributed by atoms with Crippen molar-refractivity contribution in [3.8, 4) is 0 Å². The number of aliphatic hydroxyl groups is 1. The maximum Gasteiger partial charge on any atom is 0.0611 e. The maximum absolute atomic E-state index is 9.60. The van der Waals surface area contributed by atoms with Crippen molar-refractivity contribution in [1.29, 1.82) is 0 Å². The lowest BCUT2D eigenvalue weighted by Gasteiger charge is -2.40. The summed E-state index contributed by atoms with van der Waals surface area (Å²) in [6, 6.07) is 0.418. The maximum atomic E-state index is 9.60. The quantitative estimate of drug-likeness (QED) is 0.746. The molecule has 0 aromatic carbocycles. The molecule has 3 nitrogen and oxygen atoms in total. The van der Waals surface area contributed by atoms with Crippen molar-refractivity contribution >= 4 is 0 Å². The van der Waals surface area contributed by atoms with E-state index in [0.29, 0.717) is 11.5 Å². The number of likely N-dealkylation sites (tertiary alicyclic amines) is 1. The van der Waals surface area contributed by atoms with E-state index in [0.717, 1.165) is 13.0 Å². The number of hydrogen-bond donors (Lipinski definition) is 2. The molecule has 1 heterocycles. The summed E-state index contributed by atoms with van der Waals surface area (Å²) >= 11 is 0. The molecule has 1 rings (SSSR count). The van der Waals surface area contributed by atoms with Gasteiger partial charge in [0.25, 0.3) is 0 Å². The first kappa shape index (κ1) is 16.9. The van der Waals surface area contributed by atoms with Crippen molar-refractivity contribution in [2.24, 2.45) is 5.41 Å². The summed E-state index contributed by atoms with van der Waals surface area (Å²) in [5.41, 5.74) is 0.423. The third kappa shape index (κ3) is 5.41. The molecule has 1 atom stereocenters. The minimum atomic E-state index is -0.139. The number of hydrogen-bond acceptors (Lipinski definition) is 3. The summed E-state index contributed by atoms with van der Waals surface area (Å²) in [5, 5.41) is 13.1. The fourth-order valence-electron chi connectivity index (χ4n) is 2.97. The van der Waals surface area contributed by atoms with Crippen LogP contribution in [0.1, 0.15) is 60.3 Å². The van der Waals surface area contributed by atoms with Crippen LogP contribution in [0.5, 0.6) is 0 Å². The van der Waals surface area contributed by atoms with Crippen molar-refractivity contribution in [2.45, 2.75) is 71.9 Å². The van der Waals surface area contributed by atoms with Crippen molar-refractivity contribution in [1.82, 2.24) is 10.2 Å². The molecule has 1 aliphatic rings. The van der Waals surface area contributed by atoms with Gasteiger partial charge in [0, 0.05) is 11.6 Å². The van der Waals surface area contributed by atoms with Crippen LogP contribution in [0.3, 0.4) is 0 Å². The highest BCUT2D eigenvalue weighted by Gasteiger charge is 2.30. The highest BCUT2D eigenvalue weighted by molar-refractivity contribution is 4.87. The smallest absolute Gasteiger partial charge is 0.0611 e. The summed E-state index contributed by atoms with van der Waals surface area (Å²) in [6.07, 6.45) is 4.95. The van der Waals surface area contributed by atoms with Gasteiger partial charge in [-0.3, -0.25) is 0 Å². The second kappa shape index (κ2) is 7.05. The largest absolute Gasteiger partial charge is 0.394 e. The van der Waals surface area contributed by atoms with Crippen LogP contribution in [0, 0.1) is 5.41 Å². The molecule has 0 spiro atoms. The predicted molar refractivity (Wildman–Crippen MR) is 82.5 cm³/mol. The van der Waals surface area contributed by atoms with Gasteiger partial charge in [-0.15, -0.1) is 0 Å². The Morgan fingerprint density at radius 3 is 2.32 bits per heavy atom. The Bertz CT molecular complexity index is 259. The zero-order valence-corrected chi connectivity index (χ0v) is 13.6. The third-order valence-corrected chi connectivity index (χ3v) is 4.88. The molecule has 0 aromatic heterocycles. The zero-order valence-electron chi connectivity index (χ0n) is 13.6. The topological polar surface area (TPSA) is 35.5 Å². The van der Waals surface area contributed by atoms with Gasteiger partial charge in [-0.1, -0.05) is 34.1 Å². The van der Waals surface area contributed by atoms with Gasteiger partial charge < -0.3 is 15.3 Å². The molecule has 114 valence electrons. The molecule has 0 amide bonds. The lowest BCUT2D eigenvalue weighted by molar-refractivity contribution is 0.0917. The molecule has 19 heavy (non-hydrogen) atoms. The molecule has 0 saturated carbocycles. The minimum Gasteiger partial charge on any atom is -0.394 e. The molecule has 1 fully saturated rings. The number of aliphatic hydroxyl groups excluding tert-OH is 1. The van der Waals surface area contributed by atoms with E-state index in [1.165, 1.54) is 32.4 Å². The van der Waals surface area contributed by atoms with Gasteiger partial charge in [0.15, 0.2) is 0 Å². The van der Waals surface area contributed by atoms with E-state index in [1.807, 2.05) is 0 Å². The van der Waals surface area contributed by atoms with Gasteiger partial charge in [0.2, 0.25) is 0 Å².